The third kappa shape index (κ3) is 6.42. The molecule has 0 N–H and O–H groups in total. The lowest BCUT2D eigenvalue weighted by molar-refractivity contribution is 1.13. The summed E-state index contributed by atoms with van der Waals surface area (Å²) in [5, 5.41) is 2.45. The summed E-state index contributed by atoms with van der Waals surface area (Å²) in [4.78, 5) is 4.85. The van der Waals surface area contributed by atoms with Crippen molar-refractivity contribution in [2.45, 2.75) is 0 Å². The van der Waals surface area contributed by atoms with Gasteiger partial charge in [-0.2, -0.15) is 0 Å². The van der Waals surface area contributed by atoms with E-state index < -0.39 is 0 Å². The number of hydrogen-bond donors (Lipinski definition) is 0. The van der Waals surface area contributed by atoms with Crippen molar-refractivity contribution in [3.63, 3.8) is 0 Å². The first-order valence-electron chi connectivity index (χ1n) is 25.4. The summed E-state index contributed by atoms with van der Waals surface area (Å²) in [7, 11) is 0. The normalized spacial score (nSPS) is 12.3. The second-order valence-corrected chi connectivity index (χ2v) is 19.2. The molecule has 0 bridgehead atoms. The lowest BCUT2D eigenvalue weighted by Crippen LogP contribution is -2.11. The van der Waals surface area contributed by atoms with Crippen molar-refractivity contribution in [3.05, 3.63) is 279 Å². The summed E-state index contributed by atoms with van der Waals surface area (Å²) in [6.07, 6.45) is 0. The van der Waals surface area contributed by atoms with Crippen molar-refractivity contribution in [1.82, 2.24) is 9.13 Å². The van der Waals surface area contributed by atoms with Crippen LogP contribution in [0.3, 0.4) is 0 Å². The minimum atomic E-state index is 1.11. The molecule has 0 atom stereocenters. The van der Waals surface area contributed by atoms with E-state index in [2.05, 4.69) is 298 Å². The molecule has 346 valence electrons. The molecular formula is C70H46N4. The summed E-state index contributed by atoms with van der Waals surface area (Å²) >= 11 is 0. The van der Waals surface area contributed by atoms with E-state index in [4.69, 9.17) is 0 Å². The fourth-order valence-electron chi connectivity index (χ4n) is 12.1. The summed E-state index contributed by atoms with van der Waals surface area (Å²) in [6, 6.07) is 102. The van der Waals surface area contributed by atoms with Gasteiger partial charge in [-0.1, -0.05) is 188 Å². The van der Waals surface area contributed by atoms with Gasteiger partial charge in [-0.3, -0.25) is 0 Å². The molecule has 11 aromatic carbocycles. The Kier molecular flexibility index (Phi) is 9.54. The molecule has 74 heavy (non-hydrogen) atoms. The van der Waals surface area contributed by atoms with Gasteiger partial charge in [0.15, 0.2) is 0 Å². The fourth-order valence-corrected chi connectivity index (χ4v) is 12.1. The zero-order valence-corrected chi connectivity index (χ0v) is 40.3. The van der Waals surface area contributed by atoms with Crippen LogP contribution in [0.2, 0.25) is 0 Å². The van der Waals surface area contributed by atoms with Gasteiger partial charge in [0.05, 0.1) is 45.2 Å². The van der Waals surface area contributed by atoms with Gasteiger partial charge in [-0.05, 0) is 113 Å². The molecule has 0 fully saturated rings. The highest BCUT2D eigenvalue weighted by atomic mass is 15.2. The van der Waals surface area contributed by atoms with Crippen molar-refractivity contribution < 1.29 is 0 Å². The Bertz CT molecular complexity index is 4060. The topological polar surface area (TPSA) is 16.3 Å². The average molecular weight is 943 g/mol. The maximum atomic E-state index is 2.49. The molecule has 13 aromatic rings. The second-order valence-electron chi connectivity index (χ2n) is 19.2. The van der Waals surface area contributed by atoms with Gasteiger partial charge in [0.2, 0.25) is 0 Å². The molecule has 0 saturated heterocycles. The standard InChI is InChI=1S/C70H46N4/c1-3-26-51(27-4-1)71-61-38-13-7-32-55(61)67-57-34-9-15-40-63(57)73(69(67)59-36-11-17-42-65(59)71)53-30-20-24-49(45-53)47-22-19-23-48(44-47)50-25-21-31-54(46-50)74-64-41-16-10-35-58(64)68-56-33-8-14-39-62(56)72(52-28-5-2-6-29-52)66-43-18-12-37-60(66)70(68)74/h1-46H. The molecule has 4 heteroatoms. The lowest BCUT2D eigenvalue weighted by atomic mass is 9.97. The van der Waals surface area contributed by atoms with E-state index in [0.29, 0.717) is 0 Å². The SMILES string of the molecule is c1ccc(N2c3ccccc3-c3c(n(-c4cccc(-c5cccc(-c6cccc(-n7c8c(c9ccccc97)-c7ccccc7N(c7ccccc7)c7ccccc7-8)c6)c5)c4)c4ccccc34)-c3ccccc32)cc1. The predicted octanol–water partition coefficient (Wildman–Crippen LogP) is 19.1. The summed E-state index contributed by atoms with van der Waals surface area (Å²) in [6.45, 7) is 0. The minimum absolute atomic E-state index is 1.11. The molecule has 4 heterocycles. The van der Waals surface area contributed by atoms with Gasteiger partial charge in [0.25, 0.3) is 0 Å². The van der Waals surface area contributed by atoms with E-state index in [1.54, 1.807) is 0 Å². The Morgan fingerprint density at radius 2 is 0.527 bits per heavy atom. The van der Waals surface area contributed by atoms with E-state index in [1.807, 2.05) is 0 Å². The van der Waals surface area contributed by atoms with Gasteiger partial charge >= 0.3 is 0 Å². The van der Waals surface area contributed by atoms with Gasteiger partial charge in [-0.15, -0.1) is 0 Å². The van der Waals surface area contributed by atoms with E-state index in [0.717, 1.165) is 67.8 Å². The van der Waals surface area contributed by atoms with E-state index in [1.165, 1.54) is 66.6 Å². The summed E-state index contributed by atoms with van der Waals surface area (Å²) < 4.78 is 4.98. The fraction of sp³-hybridized carbons (Fsp3) is 0. The Balaban J connectivity index is 0.875. The van der Waals surface area contributed by atoms with E-state index in [-0.39, 0.29) is 0 Å². The Hall–Kier alpha value is -9.90. The monoisotopic (exact) mass is 942 g/mol. The molecule has 2 aromatic heterocycles. The summed E-state index contributed by atoms with van der Waals surface area (Å²) in [5.41, 5.74) is 25.7. The first kappa shape index (κ1) is 41.8. The predicted molar refractivity (Wildman–Crippen MR) is 309 cm³/mol. The number of para-hydroxylation sites is 8. The second kappa shape index (κ2) is 16.9. The van der Waals surface area contributed by atoms with E-state index in [9.17, 15) is 0 Å². The molecule has 4 nitrogen and oxygen atoms in total. The third-order valence-corrected chi connectivity index (χ3v) is 15.1. The minimum Gasteiger partial charge on any atom is -0.309 e. The zero-order valence-electron chi connectivity index (χ0n) is 40.3. The van der Waals surface area contributed by atoms with Crippen LogP contribution in [0.4, 0.5) is 34.1 Å². The molecule has 2 aliphatic rings. The number of aromatic nitrogens is 2. The first-order valence-corrected chi connectivity index (χ1v) is 25.4. The van der Waals surface area contributed by atoms with Crippen LogP contribution in [0.5, 0.6) is 0 Å². The Morgan fingerprint density at radius 1 is 0.216 bits per heavy atom. The molecule has 0 amide bonds. The van der Waals surface area contributed by atoms with Crippen LogP contribution in [-0.4, -0.2) is 9.13 Å². The maximum absolute atomic E-state index is 2.49. The van der Waals surface area contributed by atoms with Crippen molar-refractivity contribution >= 4 is 55.9 Å². The maximum Gasteiger partial charge on any atom is 0.0641 e. The van der Waals surface area contributed by atoms with Gasteiger partial charge in [0.1, 0.15) is 0 Å². The third-order valence-electron chi connectivity index (χ3n) is 15.1. The Labute approximate surface area is 430 Å². The molecular weight excluding hydrogens is 897 g/mol. The van der Waals surface area contributed by atoms with E-state index >= 15 is 0 Å². The molecule has 0 unspecified atom stereocenters. The number of fused-ring (bicyclic) bond motifs is 14. The van der Waals surface area contributed by atoms with Crippen molar-refractivity contribution in [2.75, 3.05) is 9.80 Å². The number of rotatable bonds is 6. The number of benzene rings is 11. The van der Waals surface area contributed by atoms with Crippen molar-refractivity contribution in [2.24, 2.45) is 0 Å². The van der Waals surface area contributed by atoms with Crippen LogP contribution in [-0.2, 0) is 0 Å². The van der Waals surface area contributed by atoms with Crippen LogP contribution in [0.1, 0.15) is 0 Å². The van der Waals surface area contributed by atoms with Gasteiger partial charge in [0, 0.05) is 66.9 Å². The largest absolute Gasteiger partial charge is 0.309 e. The van der Waals surface area contributed by atoms with Gasteiger partial charge in [-0.25, -0.2) is 0 Å². The number of anilines is 6. The van der Waals surface area contributed by atoms with Crippen LogP contribution in [0, 0.1) is 0 Å². The molecule has 0 radical (unpaired) electrons. The van der Waals surface area contributed by atoms with Crippen LogP contribution < -0.4 is 9.80 Å². The van der Waals surface area contributed by atoms with Crippen molar-refractivity contribution in [3.8, 4) is 78.4 Å². The van der Waals surface area contributed by atoms with Crippen LogP contribution in [0.25, 0.3) is 100 Å². The van der Waals surface area contributed by atoms with Crippen LogP contribution >= 0.6 is 0 Å². The van der Waals surface area contributed by atoms with Gasteiger partial charge < -0.3 is 18.9 Å². The first-order chi connectivity index (χ1) is 36.8. The highest BCUT2D eigenvalue weighted by Gasteiger charge is 2.33. The quantitative estimate of drug-likeness (QED) is 0.165. The van der Waals surface area contributed by atoms with Crippen molar-refractivity contribution in [1.29, 1.82) is 0 Å². The molecule has 15 rings (SSSR count). The Morgan fingerprint density at radius 3 is 0.959 bits per heavy atom. The van der Waals surface area contributed by atoms with Crippen LogP contribution in [0.15, 0.2) is 279 Å². The molecule has 0 saturated carbocycles. The highest BCUT2D eigenvalue weighted by molar-refractivity contribution is 6.14. The molecule has 0 aliphatic carbocycles. The summed E-state index contributed by atoms with van der Waals surface area (Å²) in [5.74, 6) is 0. The smallest absolute Gasteiger partial charge is 0.0641 e. The highest BCUT2D eigenvalue weighted by Crippen LogP contribution is 2.56. The zero-order chi connectivity index (χ0) is 48.7. The lowest BCUT2D eigenvalue weighted by Gasteiger charge is -2.27. The number of hydrogen-bond acceptors (Lipinski definition) is 2. The molecule has 0 spiro atoms. The average Bonchev–Trinajstić information content (AvgIpc) is 3.92. The molecule has 2 aliphatic heterocycles. The number of nitrogens with zero attached hydrogens (tertiary/aromatic N) is 4.